The van der Waals surface area contributed by atoms with Crippen LogP contribution in [0.5, 0.6) is 0 Å². The smallest absolute Gasteiger partial charge is 0.136 e. The molecule has 1 fully saturated rings. The number of hydrogen-bond acceptors (Lipinski definition) is 2. The Bertz CT molecular complexity index is 169. The molecule has 80 valence electrons. The summed E-state index contributed by atoms with van der Waals surface area (Å²) >= 11 is 0. The zero-order chi connectivity index (χ0) is 8.70. The van der Waals surface area contributed by atoms with Crippen LogP contribution in [0.2, 0.25) is 0 Å². The molecule has 4 heteroatoms. The third-order valence-electron chi connectivity index (χ3n) is 1.95. The molecule has 0 aromatic rings. The van der Waals surface area contributed by atoms with Gasteiger partial charge in [0.05, 0.1) is 0 Å². The summed E-state index contributed by atoms with van der Waals surface area (Å²) in [6.07, 6.45) is 1.33. The average Bonchev–Trinajstić information content (AvgIpc) is 1.49. The van der Waals surface area contributed by atoms with Crippen molar-refractivity contribution in [3.8, 4) is 0 Å². The van der Waals surface area contributed by atoms with Crippen LogP contribution in [0.4, 0.5) is 0 Å². The summed E-state index contributed by atoms with van der Waals surface area (Å²) in [5.41, 5.74) is -0.0301. The highest BCUT2D eigenvalue weighted by Crippen LogP contribution is 2.25. The molecule has 0 spiro atoms. The molecule has 0 saturated carbocycles. The van der Waals surface area contributed by atoms with Gasteiger partial charge in [-0.1, -0.05) is 0 Å². The third-order valence-corrected chi connectivity index (χ3v) is 1.95. The molecule has 1 heterocycles. The standard InChI is InChI=1S/C9H17NO.2H2O/c1-8(2)5-7(11)6-9(3,4)10-8;;/h10H,5-6H2,1-4H3;2*1H2. The zero-order valence-corrected chi connectivity index (χ0v) is 8.82. The minimum Gasteiger partial charge on any atom is -0.412 e. The van der Waals surface area contributed by atoms with Gasteiger partial charge >= 0.3 is 0 Å². The lowest BCUT2D eigenvalue weighted by Crippen LogP contribution is -2.58. The molecule has 13 heavy (non-hydrogen) atoms. The van der Waals surface area contributed by atoms with E-state index in [-0.39, 0.29) is 22.0 Å². The summed E-state index contributed by atoms with van der Waals surface area (Å²) in [5, 5.41) is 3.44. The average molecular weight is 191 g/mol. The van der Waals surface area contributed by atoms with Crippen molar-refractivity contribution in [2.24, 2.45) is 0 Å². The molecule has 0 atom stereocenters. The van der Waals surface area contributed by atoms with Crippen LogP contribution in [0, 0.1) is 0 Å². The van der Waals surface area contributed by atoms with Gasteiger partial charge in [-0.05, 0) is 27.7 Å². The summed E-state index contributed by atoms with van der Waals surface area (Å²) in [7, 11) is 0. The van der Waals surface area contributed by atoms with Gasteiger partial charge in [0.15, 0.2) is 0 Å². The first-order valence-corrected chi connectivity index (χ1v) is 4.12. The number of carbonyl (C=O) groups is 1. The van der Waals surface area contributed by atoms with Gasteiger partial charge in [-0.2, -0.15) is 0 Å². The highest BCUT2D eigenvalue weighted by Gasteiger charge is 2.36. The van der Waals surface area contributed by atoms with Gasteiger partial charge in [-0.3, -0.25) is 4.79 Å². The Labute approximate surface area is 79.3 Å². The molecular weight excluding hydrogens is 170 g/mol. The first-order chi connectivity index (χ1) is 4.81. The monoisotopic (exact) mass is 191 g/mol. The van der Waals surface area contributed by atoms with E-state index < -0.39 is 0 Å². The van der Waals surface area contributed by atoms with E-state index >= 15 is 0 Å². The van der Waals surface area contributed by atoms with E-state index in [0.717, 1.165) is 0 Å². The van der Waals surface area contributed by atoms with Crippen molar-refractivity contribution in [3.63, 3.8) is 0 Å². The second-order valence-corrected chi connectivity index (χ2v) is 4.78. The molecule has 1 aliphatic heterocycles. The number of nitrogens with one attached hydrogen (secondary N) is 1. The van der Waals surface area contributed by atoms with E-state index in [1.54, 1.807) is 0 Å². The summed E-state index contributed by atoms with van der Waals surface area (Å²) in [4.78, 5) is 11.3. The quantitative estimate of drug-likeness (QED) is 0.576. The topological polar surface area (TPSA) is 92.1 Å². The molecule has 0 unspecified atom stereocenters. The lowest BCUT2D eigenvalue weighted by Gasteiger charge is -2.41. The van der Waals surface area contributed by atoms with Crippen LogP contribution in [-0.2, 0) is 4.79 Å². The van der Waals surface area contributed by atoms with Crippen molar-refractivity contribution in [2.75, 3.05) is 0 Å². The highest BCUT2D eigenvalue weighted by molar-refractivity contribution is 5.81. The van der Waals surface area contributed by atoms with E-state index in [1.165, 1.54) is 0 Å². The maximum atomic E-state index is 11.3. The maximum Gasteiger partial charge on any atom is 0.136 e. The first-order valence-electron chi connectivity index (χ1n) is 4.12. The van der Waals surface area contributed by atoms with E-state index in [1.807, 2.05) is 0 Å². The molecule has 4 nitrogen and oxygen atoms in total. The number of carbonyl (C=O) groups excluding carboxylic acids is 1. The number of rotatable bonds is 0. The van der Waals surface area contributed by atoms with Gasteiger partial charge in [0.2, 0.25) is 0 Å². The van der Waals surface area contributed by atoms with Gasteiger partial charge in [-0.15, -0.1) is 0 Å². The fourth-order valence-electron chi connectivity index (χ4n) is 2.05. The van der Waals surface area contributed by atoms with Crippen molar-refractivity contribution in [3.05, 3.63) is 0 Å². The van der Waals surface area contributed by atoms with Gasteiger partial charge in [0.25, 0.3) is 0 Å². The SMILES string of the molecule is CC1(C)CC(=O)CC(C)(C)N1.O.O. The minimum atomic E-state index is -0.0150. The van der Waals surface area contributed by atoms with Gasteiger partial charge in [0.1, 0.15) is 5.78 Å². The van der Waals surface area contributed by atoms with Crippen LogP contribution in [0.15, 0.2) is 0 Å². The largest absolute Gasteiger partial charge is 0.412 e. The second-order valence-electron chi connectivity index (χ2n) is 4.78. The molecule has 1 saturated heterocycles. The van der Waals surface area contributed by atoms with E-state index in [2.05, 4.69) is 33.0 Å². The maximum absolute atomic E-state index is 11.3. The lowest BCUT2D eigenvalue weighted by molar-refractivity contribution is -0.124. The minimum absolute atomic E-state index is 0. The van der Waals surface area contributed by atoms with Crippen LogP contribution in [0.3, 0.4) is 0 Å². The van der Waals surface area contributed by atoms with Crippen LogP contribution in [0.1, 0.15) is 40.5 Å². The van der Waals surface area contributed by atoms with Crippen molar-refractivity contribution in [1.82, 2.24) is 5.32 Å². The van der Waals surface area contributed by atoms with Crippen LogP contribution < -0.4 is 5.32 Å². The number of hydrogen-bond donors (Lipinski definition) is 1. The normalized spacial score (nSPS) is 24.2. The Morgan fingerprint density at radius 2 is 1.31 bits per heavy atom. The third kappa shape index (κ3) is 4.36. The Morgan fingerprint density at radius 1 is 1.00 bits per heavy atom. The van der Waals surface area contributed by atoms with Crippen molar-refractivity contribution in [2.45, 2.75) is 51.6 Å². The Hall–Kier alpha value is -0.450. The number of ketones is 1. The zero-order valence-electron chi connectivity index (χ0n) is 8.82. The van der Waals surface area contributed by atoms with Crippen LogP contribution in [0.25, 0.3) is 0 Å². The molecule has 1 rings (SSSR count). The molecule has 0 aliphatic carbocycles. The van der Waals surface area contributed by atoms with Crippen LogP contribution in [-0.4, -0.2) is 27.8 Å². The van der Waals surface area contributed by atoms with Crippen molar-refractivity contribution in [1.29, 1.82) is 0 Å². The number of piperidine rings is 1. The van der Waals surface area contributed by atoms with Crippen molar-refractivity contribution >= 4 is 5.78 Å². The summed E-state index contributed by atoms with van der Waals surface area (Å²) < 4.78 is 0. The number of Topliss-reactive ketones (excluding diaryl/α,β-unsaturated/α-hetero) is 1. The molecule has 1 aliphatic rings. The van der Waals surface area contributed by atoms with Gasteiger partial charge in [0, 0.05) is 23.9 Å². The molecule has 0 bridgehead atoms. The second kappa shape index (κ2) is 4.17. The molecular formula is C9H21NO3. The van der Waals surface area contributed by atoms with Gasteiger partial charge in [-0.25, -0.2) is 0 Å². The van der Waals surface area contributed by atoms with Crippen LogP contribution >= 0.6 is 0 Å². The van der Waals surface area contributed by atoms with E-state index in [9.17, 15) is 4.79 Å². The Morgan fingerprint density at radius 3 is 1.54 bits per heavy atom. The summed E-state index contributed by atoms with van der Waals surface area (Å²) in [5.74, 6) is 0.374. The molecule has 0 aromatic heterocycles. The Balaban J connectivity index is 0. The predicted octanol–water partition coefficient (Wildman–Crippen LogP) is -0.153. The van der Waals surface area contributed by atoms with E-state index in [4.69, 9.17) is 0 Å². The highest BCUT2D eigenvalue weighted by atomic mass is 16.1. The Kier molecular flexibility index (Phi) is 4.83. The summed E-state index contributed by atoms with van der Waals surface area (Å²) in [6, 6.07) is 0. The molecule has 0 amide bonds. The summed E-state index contributed by atoms with van der Waals surface area (Å²) in [6.45, 7) is 8.30. The first kappa shape index (κ1) is 15.0. The van der Waals surface area contributed by atoms with E-state index in [0.29, 0.717) is 18.6 Å². The molecule has 0 aromatic carbocycles. The lowest BCUT2D eigenvalue weighted by atomic mass is 9.82. The molecule has 5 N–H and O–H groups in total. The fraction of sp³-hybridized carbons (Fsp3) is 0.889. The fourth-order valence-corrected chi connectivity index (χ4v) is 2.05. The molecule has 0 radical (unpaired) electrons. The van der Waals surface area contributed by atoms with Gasteiger partial charge < -0.3 is 16.3 Å². The predicted molar refractivity (Wildman–Crippen MR) is 52.8 cm³/mol. The van der Waals surface area contributed by atoms with Crippen molar-refractivity contribution < 1.29 is 15.7 Å².